The Labute approximate surface area is 141 Å². The molecule has 0 unspecified atom stereocenters. The molecule has 25 heavy (non-hydrogen) atoms. The monoisotopic (exact) mass is 370 g/mol. The van der Waals surface area contributed by atoms with Crippen molar-refractivity contribution >= 4 is 20.9 Å². The van der Waals surface area contributed by atoms with Crippen molar-refractivity contribution in [2.24, 2.45) is 0 Å². The van der Waals surface area contributed by atoms with Crippen LogP contribution < -0.4 is 4.74 Å². The second-order valence-corrected chi connectivity index (χ2v) is 7.55. The third-order valence-corrected chi connectivity index (χ3v) is 5.62. The molecule has 0 saturated carbocycles. The number of sulfone groups is 1. The molecule has 9 heteroatoms. The predicted molar refractivity (Wildman–Crippen MR) is 84.8 cm³/mol. The average Bonchev–Trinajstić information content (AvgIpc) is 2.98. The second kappa shape index (κ2) is 6.07. The SMILES string of the molecule is C[C@@H](c1ccc(OC(F)(F)F)cc1)S(=O)(=O)c1nc2ccccc2[nH]1. The summed E-state index contributed by atoms with van der Waals surface area (Å²) in [6.07, 6.45) is -4.80. The van der Waals surface area contributed by atoms with E-state index in [0.29, 0.717) is 16.6 Å². The highest BCUT2D eigenvalue weighted by molar-refractivity contribution is 7.91. The highest BCUT2D eigenvalue weighted by Gasteiger charge is 2.32. The van der Waals surface area contributed by atoms with Crippen molar-refractivity contribution in [1.82, 2.24) is 9.97 Å². The third kappa shape index (κ3) is 3.60. The van der Waals surface area contributed by atoms with Crippen LogP contribution in [0.2, 0.25) is 0 Å². The number of rotatable bonds is 4. The fourth-order valence-electron chi connectivity index (χ4n) is 2.35. The molecule has 0 aliphatic heterocycles. The number of ether oxygens (including phenoxy) is 1. The van der Waals surface area contributed by atoms with Gasteiger partial charge in [-0.3, -0.25) is 0 Å². The smallest absolute Gasteiger partial charge is 0.406 e. The minimum absolute atomic E-state index is 0.184. The number of aromatic nitrogens is 2. The Kier molecular flexibility index (Phi) is 4.19. The molecule has 0 saturated heterocycles. The molecule has 1 atom stereocenters. The van der Waals surface area contributed by atoms with Crippen LogP contribution in [-0.4, -0.2) is 24.7 Å². The Balaban J connectivity index is 1.89. The minimum Gasteiger partial charge on any atom is -0.406 e. The summed E-state index contributed by atoms with van der Waals surface area (Å²) in [6.45, 7) is 1.45. The van der Waals surface area contributed by atoms with Crippen molar-refractivity contribution in [3.05, 3.63) is 54.1 Å². The highest BCUT2D eigenvalue weighted by Crippen LogP contribution is 2.30. The maximum atomic E-state index is 12.7. The predicted octanol–water partition coefficient (Wildman–Crippen LogP) is 4.00. The van der Waals surface area contributed by atoms with Crippen LogP contribution in [0.15, 0.2) is 53.7 Å². The molecule has 0 bridgehead atoms. The van der Waals surface area contributed by atoms with Crippen LogP contribution in [0.1, 0.15) is 17.7 Å². The number of H-pyrrole nitrogens is 1. The van der Waals surface area contributed by atoms with Crippen molar-refractivity contribution in [2.45, 2.75) is 23.7 Å². The van der Waals surface area contributed by atoms with Crippen molar-refractivity contribution < 1.29 is 26.3 Å². The van der Waals surface area contributed by atoms with E-state index in [-0.39, 0.29) is 5.16 Å². The highest BCUT2D eigenvalue weighted by atomic mass is 32.2. The van der Waals surface area contributed by atoms with Crippen LogP contribution in [0.4, 0.5) is 13.2 Å². The summed E-state index contributed by atoms with van der Waals surface area (Å²) in [6, 6.07) is 11.6. The molecule has 0 fully saturated rings. The number of alkyl halides is 3. The molecular weight excluding hydrogens is 357 g/mol. The molecule has 0 spiro atoms. The van der Waals surface area contributed by atoms with Crippen LogP contribution in [0.5, 0.6) is 5.75 Å². The van der Waals surface area contributed by atoms with Gasteiger partial charge in [0.1, 0.15) is 5.75 Å². The second-order valence-electron chi connectivity index (χ2n) is 5.36. The maximum absolute atomic E-state index is 12.7. The lowest BCUT2D eigenvalue weighted by Crippen LogP contribution is -2.17. The number of para-hydroxylation sites is 2. The number of nitrogens with zero attached hydrogens (tertiary/aromatic N) is 1. The number of nitrogens with one attached hydrogen (secondary N) is 1. The van der Waals surface area contributed by atoms with Crippen LogP contribution >= 0.6 is 0 Å². The van der Waals surface area contributed by atoms with E-state index >= 15 is 0 Å². The number of hydrogen-bond acceptors (Lipinski definition) is 4. The molecule has 0 amide bonds. The Morgan fingerprint density at radius 3 is 2.32 bits per heavy atom. The molecule has 132 valence electrons. The molecule has 5 nitrogen and oxygen atoms in total. The lowest BCUT2D eigenvalue weighted by molar-refractivity contribution is -0.274. The van der Waals surface area contributed by atoms with Crippen molar-refractivity contribution in [1.29, 1.82) is 0 Å². The lowest BCUT2D eigenvalue weighted by Gasteiger charge is -2.13. The Bertz CT molecular complexity index is 962. The molecule has 3 rings (SSSR count). The van der Waals surface area contributed by atoms with E-state index in [9.17, 15) is 21.6 Å². The van der Waals surface area contributed by atoms with Crippen LogP contribution in [0.25, 0.3) is 11.0 Å². The van der Waals surface area contributed by atoms with Crippen LogP contribution in [0.3, 0.4) is 0 Å². The van der Waals surface area contributed by atoms with Gasteiger partial charge < -0.3 is 9.72 Å². The summed E-state index contributed by atoms with van der Waals surface area (Å²) in [7, 11) is -3.83. The number of benzene rings is 2. The summed E-state index contributed by atoms with van der Waals surface area (Å²) in [5.74, 6) is -0.412. The molecule has 2 aromatic carbocycles. The maximum Gasteiger partial charge on any atom is 0.573 e. The zero-order valence-corrected chi connectivity index (χ0v) is 13.7. The standard InChI is InChI=1S/C16H13F3N2O3S/c1-10(11-6-8-12(9-7-11)24-16(17,18)19)25(22,23)15-20-13-4-2-3-5-14(13)21-15/h2-10H,1H3,(H,20,21)/t10-/m0/s1. The number of aromatic amines is 1. The molecule has 0 radical (unpaired) electrons. The number of hydrogen-bond donors (Lipinski definition) is 1. The largest absolute Gasteiger partial charge is 0.573 e. The van der Waals surface area contributed by atoms with Gasteiger partial charge >= 0.3 is 6.36 Å². The Hall–Kier alpha value is -2.55. The zero-order chi connectivity index (χ0) is 18.2. The first-order valence-electron chi connectivity index (χ1n) is 7.21. The molecule has 1 heterocycles. The van der Waals surface area contributed by atoms with Crippen LogP contribution in [-0.2, 0) is 9.84 Å². The van der Waals surface area contributed by atoms with Crippen molar-refractivity contribution in [2.75, 3.05) is 0 Å². The van der Waals surface area contributed by atoms with E-state index in [1.807, 2.05) is 0 Å². The number of fused-ring (bicyclic) bond motifs is 1. The van der Waals surface area contributed by atoms with E-state index < -0.39 is 27.2 Å². The summed E-state index contributed by atoms with van der Waals surface area (Å²) in [5, 5.41) is -1.18. The molecule has 3 aromatic rings. The first-order chi connectivity index (χ1) is 11.7. The fourth-order valence-corrected chi connectivity index (χ4v) is 3.68. The van der Waals surface area contributed by atoms with Gasteiger partial charge in [0.15, 0.2) is 0 Å². The first kappa shape index (κ1) is 17.3. The third-order valence-electron chi connectivity index (χ3n) is 3.69. The van der Waals surface area contributed by atoms with Gasteiger partial charge in [0.2, 0.25) is 15.0 Å². The Morgan fingerprint density at radius 2 is 1.72 bits per heavy atom. The summed E-state index contributed by atoms with van der Waals surface area (Å²) in [4.78, 5) is 6.84. The average molecular weight is 370 g/mol. The van der Waals surface area contributed by atoms with Gasteiger partial charge in [0.25, 0.3) is 0 Å². The topological polar surface area (TPSA) is 72.1 Å². The lowest BCUT2D eigenvalue weighted by atomic mass is 10.2. The van der Waals surface area contributed by atoms with E-state index in [4.69, 9.17) is 0 Å². The summed E-state index contributed by atoms with van der Waals surface area (Å²) < 4.78 is 65.7. The fraction of sp³-hybridized carbons (Fsp3) is 0.188. The first-order valence-corrected chi connectivity index (χ1v) is 8.76. The summed E-state index contributed by atoms with van der Waals surface area (Å²) >= 11 is 0. The normalized spacial score (nSPS) is 13.8. The van der Waals surface area contributed by atoms with Gasteiger partial charge in [-0.1, -0.05) is 24.3 Å². The van der Waals surface area contributed by atoms with Crippen molar-refractivity contribution in [3.8, 4) is 5.75 Å². The van der Waals surface area contributed by atoms with Gasteiger partial charge in [-0.2, -0.15) is 0 Å². The summed E-state index contributed by atoms with van der Waals surface area (Å²) in [5.41, 5.74) is 1.43. The molecule has 0 aliphatic carbocycles. The molecule has 1 aromatic heterocycles. The number of halogens is 3. The molecular formula is C16H13F3N2O3S. The van der Waals surface area contributed by atoms with Crippen LogP contribution in [0, 0.1) is 0 Å². The van der Waals surface area contributed by atoms with Gasteiger partial charge in [0.05, 0.1) is 16.3 Å². The zero-order valence-electron chi connectivity index (χ0n) is 12.9. The van der Waals surface area contributed by atoms with Gasteiger partial charge in [-0.05, 0) is 36.8 Å². The van der Waals surface area contributed by atoms with Gasteiger partial charge in [-0.15, -0.1) is 13.2 Å². The quantitative estimate of drug-likeness (QED) is 0.754. The Morgan fingerprint density at radius 1 is 1.08 bits per heavy atom. The van der Waals surface area contributed by atoms with E-state index in [2.05, 4.69) is 14.7 Å². The molecule has 0 aliphatic rings. The van der Waals surface area contributed by atoms with Crippen molar-refractivity contribution in [3.63, 3.8) is 0 Å². The van der Waals surface area contributed by atoms with E-state index in [0.717, 1.165) is 12.1 Å². The van der Waals surface area contributed by atoms with Gasteiger partial charge in [-0.25, -0.2) is 13.4 Å². The van der Waals surface area contributed by atoms with E-state index in [1.54, 1.807) is 24.3 Å². The molecule has 1 N–H and O–H groups in total. The minimum atomic E-state index is -4.80. The van der Waals surface area contributed by atoms with E-state index in [1.165, 1.54) is 19.1 Å². The number of imidazole rings is 1. The van der Waals surface area contributed by atoms with Gasteiger partial charge in [0, 0.05) is 0 Å².